The molecule has 13 aromatic carbocycles. The van der Waals surface area contributed by atoms with Crippen molar-refractivity contribution in [2.45, 2.75) is 51.9 Å². The second-order valence-corrected chi connectivity index (χ2v) is 29.0. The van der Waals surface area contributed by atoms with E-state index >= 15 is 0 Å². The molecule has 0 spiro atoms. The summed E-state index contributed by atoms with van der Waals surface area (Å²) in [5.41, 5.74) is 29.0. The van der Waals surface area contributed by atoms with E-state index in [0.29, 0.717) is 0 Å². The number of benzene rings is 13. The topological polar surface area (TPSA) is 13.0 Å². The van der Waals surface area contributed by atoms with Gasteiger partial charge < -0.3 is 19.6 Å². The van der Waals surface area contributed by atoms with E-state index in [2.05, 4.69) is 374 Å². The molecule has 2 atom stereocenters. The van der Waals surface area contributed by atoms with Crippen LogP contribution in [-0.4, -0.2) is 18.7 Å². The van der Waals surface area contributed by atoms with Gasteiger partial charge in [-0.15, -0.1) is 11.8 Å². The van der Waals surface area contributed by atoms with Crippen LogP contribution >= 0.6 is 23.5 Å². The van der Waals surface area contributed by atoms with Crippen molar-refractivity contribution in [3.63, 3.8) is 0 Å². The number of rotatable bonds is 11. The zero-order valence-corrected chi connectivity index (χ0v) is 55.3. The van der Waals surface area contributed by atoms with Crippen LogP contribution in [0.5, 0.6) is 0 Å². The van der Waals surface area contributed by atoms with Gasteiger partial charge in [-0.1, -0.05) is 269 Å². The average molecular weight is 1270 g/mol. The Morgan fingerprint density at radius 1 is 0.365 bits per heavy atom. The van der Waals surface area contributed by atoms with Gasteiger partial charge in [-0.2, -0.15) is 0 Å². The lowest BCUT2D eigenvalue weighted by atomic mass is 9.28. The molecule has 0 radical (unpaired) electrons. The number of para-hydroxylation sites is 6. The summed E-state index contributed by atoms with van der Waals surface area (Å²) in [6.07, 6.45) is 5.48. The minimum absolute atomic E-state index is 0.00941. The Morgan fingerprint density at radius 2 is 0.875 bits per heavy atom. The highest BCUT2D eigenvalue weighted by Crippen LogP contribution is 2.56. The molecule has 0 amide bonds. The quantitative estimate of drug-likeness (QED) is 0.119. The minimum atomic E-state index is -0.0375. The van der Waals surface area contributed by atoms with Gasteiger partial charge in [0.15, 0.2) is 0 Å². The highest BCUT2D eigenvalue weighted by Gasteiger charge is 2.52. The fourth-order valence-electron chi connectivity index (χ4n) is 15.7. The number of nitrogens with zero attached hydrogens (tertiary/aromatic N) is 4. The summed E-state index contributed by atoms with van der Waals surface area (Å²) in [6, 6.07) is 120. The minimum Gasteiger partial charge on any atom is -0.311 e. The van der Waals surface area contributed by atoms with Crippen molar-refractivity contribution in [1.29, 1.82) is 0 Å². The van der Waals surface area contributed by atoms with Crippen LogP contribution in [-0.2, 0) is 5.41 Å². The van der Waals surface area contributed by atoms with E-state index in [0.717, 1.165) is 51.1 Å². The number of fused-ring (bicyclic) bond motifs is 8. The van der Waals surface area contributed by atoms with Crippen LogP contribution in [0, 0.1) is 0 Å². The van der Waals surface area contributed by atoms with Crippen LogP contribution in [0.25, 0.3) is 33.4 Å². The number of hydrogen-bond donors (Lipinski definition) is 0. The molecule has 13 aromatic rings. The van der Waals surface area contributed by atoms with Crippen molar-refractivity contribution in [2.75, 3.05) is 19.6 Å². The number of hydrogen-bond acceptors (Lipinski definition) is 6. The zero-order chi connectivity index (χ0) is 64.0. The summed E-state index contributed by atoms with van der Waals surface area (Å²) in [4.78, 5) is 14.1. The molecule has 2 unspecified atom stereocenters. The Bertz CT molecular complexity index is 5150. The Hall–Kier alpha value is -10.6. The Morgan fingerprint density at radius 3 is 1.56 bits per heavy atom. The molecule has 0 saturated carbocycles. The van der Waals surface area contributed by atoms with Gasteiger partial charge in [-0.05, 0) is 164 Å². The van der Waals surface area contributed by atoms with E-state index in [1.807, 2.05) is 23.5 Å². The maximum atomic E-state index is 2.77. The van der Waals surface area contributed by atoms with Gasteiger partial charge in [0.05, 0.1) is 11.4 Å². The second-order valence-electron chi connectivity index (χ2n) is 26.7. The molecular weight excluding hydrogens is 1200 g/mol. The van der Waals surface area contributed by atoms with Crippen LogP contribution in [0.15, 0.2) is 360 Å². The van der Waals surface area contributed by atoms with Crippen molar-refractivity contribution in [3.8, 4) is 33.4 Å². The summed E-state index contributed by atoms with van der Waals surface area (Å²) in [5, 5.41) is 0.0270. The van der Waals surface area contributed by atoms with Gasteiger partial charge in [0.2, 0.25) is 13.4 Å². The zero-order valence-electron chi connectivity index (χ0n) is 53.7. The van der Waals surface area contributed by atoms with Crippen LogP contribution < -0.4 is 41.5 Å². The van der Waals surface area contributed by atoms with Gasteiger partial charge in [-0.3, -0.25) is 0 Å². The molecule has 8 heteroatoms. The predicted octanol–water partition coefficient (Wildman–Crippen LogP) is 21.5. The molecule has 0 N–H and O–H groups in total. The Kier molecular flexibility index (Phi) is 14.3. The summed E-state index contributed by atoms with van der Waals surface area (Å²) in [5.74, 6) is 0.0880. The van der Waals surface area contributed by atoms with Crippen molar-refractivity contribution in [1.82, 2.24) is 0 Å². The molecule has 0 bridgehead atoms. The third-order valence-corrected chi connectivity index (χ3v) is 22.5. The molecule has 4 nitrogen and oxygen atoms in total. The number of thioether (sulfide) groups is 1. The lowest BCUT2D eigenvalue weighted by Gasteiger charge is -2.49. The molecule has 0 fully saturated rings. The van der Waals surface area contributed by atoms with Crippen LogP contribution in [0.2, 0.25) is 5.82 Å². The molecule has 4 aliphatic heterocycles. The maximum Gasteiger partial charge on any atom is 0.249 e. The first-order chi connectivity index (χ1) is 47.3. The first-order valence-corrected chi connectivity index (χ1v) is 35.1. The van der Waals surface area contributed by atoms with Crippen molar-refractivity contribution in [3.05, 3.63) is 350 Å². The maximum absolute atomic E-state index is 2.77. The SMILES string of the molecule is CC(C)(C)c1ccc(-c2ccccc2N2C3=CC4Sc5cc(N(c6ccc(-c7ccccc7)cc6)c6ccccc6-c6ccccc6)cc6c5B(c5ccccc5N6c5ccccc5)C4C=C3B3c4ccccc4Sc4cc(N(c5ccccc5)c5ccccc5)cc2c43)cc1. The Labute approximate surface area is 572 Å². The molecule has 456 valence electrons. The van der Waals surface area contributed by atoms with E-state index in [-0.39, 0.29) is 29.9 Å². The fraction of sp³-hybridized carbons (Fsp3) is 0.0682. The van der Waals surface area contributed by atoms with E-state index in [1.54, 1.807) is 0 Å². The number of anilines is 11. The van der Waals surface area contributed by atoms with Gasteiger partial charge >= 0.3 is 0 Å². The highest BCUT2D eigenvalue weighted by molar-refractivity contribution is 8.00. The van der Waals surface area contributed by atoms with E-state index in [1.165, 1.54) is 98.2 Å². The molecule has 0 aromatic heterocycles. The second kappa shape index (κ2) is 23.7. The van der Waals surface area contributed by atoms with E-state index in [9.17, 15) is 0 Å². The lowest BCUT2D eigenvalue weighted by Crippen LogP contribution is -2.59. The van der Waals surface area contributed by atoms with E-state index in [4.69, 9.17) is 0 Å². The smallest absolute Gasteiger partial charge is 0.249 e. The van der Waals surface area contributed by atoms with Crippen molar-refractivity contribution < 1.29 is 0 Å². The summed E-state index contributed by atoms with van der Waals surface area (Å²) < 4.78 is 0. The average Bonchev–Trinajstić information content (AvgIpc) is 0.695. The molecule has 1 aliphatic carbocycles. The normalized spacial score (nSPS) is 15.4. The third-order valence-electron chi connectivity index (χ3n) is 20.1. The first-order valence-electron chi connectivity index (χ1n) is 33.5. The molecule has 18 rings (SSSR count). The molecule has 4 heterocycles. The third kappa shape index (κ3) is 9.87. The largest absolute Gasteiger partial charge is 0.311 e. The van der Waals surface area contributed by atoms with Crippen LogP contribution in [0.1, 0.15) is 26.3 Å². The van der Waals surface area contributed by atoms with Gasteiger partial charge in [-0.25, -0.2) is 0 Å². The van der Waals surface area contributed by atoms with E-state index < -0.39 is 0 Å². The van der Waals surface area contributed by atoms with Crippen molar-refractivity contribution >= 4 is 121 Å². The van der Waals surface area contributed by atoms with Gasteiger partial charge in [0.25, 0.3) is 0 Å². The predicted molar refractivity (Wildman–Crippen MR) is 411 cm³/mol. The molecular formula is C88H66B2N4S2. The number of allylic oxidation sites excluding steroid dienone is 2. The van der Waals surface area contributed by atoms with Gasteiger partial charge in [0, 0.05) is 87.9 Å². The molecule has 0 saturated heterocycles. The molecule has 96 heavy (non-hydrogen) atoms. The lowest BCUT2D eigenvalue weighted by molar-refractivity contribution is 0.590. The Balaban J connectivity index is 0.892. The van der Waals surface area contributed by atoms with Gasteiger partial charge in [0.1, 0.15) is 0 Å². The summed E-state index contributed by atoms with van der Waals surface area (Å²) in [6.45, 7) is 6.90. The molecule has 5 aliphatic rings. The summed E-state index contributed by atoms with van der Waals surface area (Å²) >= 11 is 3.96. The summed E-state index contributed by atoms with van der Waals surface area (Å²) in [7, 11) is 0. The van der Waals surface area contributed by atoms with Crippen LogP contribution in [0.4, 0.5) is 62.6 Å². The standard InChI is InChI=1S/C88H66B2N4S2/c1-88(2,3)63-49-45-62(46-50-63)71-38-20-24-42-77(71)94-79-58-83-75(57-74(79)90-73-40-22-26-44-82(73)95-84-55-68(53-81(94)87(84)90)91(64-31-13-6-14-32-64)65-33-15-7-16-34-65)89-72-39-21-25-43-78(72)93(66-35-17-8-18-36-66)80-54-69(56-85(96-83)86(80)89)92(67-51-47-60(48-52-67)59-27-9-4-10-28-59)76-41-23-19-37-70(76)61-29-11-5-12-30-61/h4-58,75,83H,1-3H3. The highest BCUT2D eigenvalue weighted by atomic mass is 32.2. The fourth-order valence-corrected chi connectivity index (χ4v) is 18.3. The van der Waals surface area contributed by atoms with Crippen molar-refractivity contribution in [2.24, 2.45) is 0 Å². The van der Waals surface area contributed by atoms with Crippen LogP contribution in [0.3, 0.4) is 0 Å². The first kappa shape index (κ1) is 58.0. The monoisotopic (exact) mass is 1260 g/mol.